The molecule has 0 radical (unpaired) electrons. The Hall–Kier alpha value is -2.08. The number of likely N-dealkylation sites (tertiary alicyclic amines) is 1. The summed E-state index contributed by atoms with van der Waals surface area (Å²) in [6, 6.07) is 6.13. The summed E-state index contributed by atoms with van der Waals surface area (Å²) in [6.07, 6.45) is 2.86. The maximum Gasteiger partial charge on any atom is 0.273 e. The first-order valence-electron chi connectivity index (χ1n) is 8.35. The van der Waals surface area contributed by atoms with E-state index in [1.165, 1.54) is 11.3 Å². The normalized spacial score (nSPS) is 20.0. The van der Waals surface area contributed by atoms with Gasteiger partial charge in [0.2, 0.25) is 0 Å². The molecule has 1 aromatic heterocycles. The lowest BCUT2D eigenvalue weighted by Gasteiger charge is -2.25. The van der Waals surface area contributed by atoms with E-state index >= 15 is 0 Å². The van der Waals surface area contributed by atoms with E-state index < -0.39 is 0 Å². The van der Waals surface area contributed by atoms with E-state index in [0.717, 1.165) is 47.9 Å². The number of hydrogen-bond acceptors (Lipinski definition) is 5. The highest BCUT2D eigenvalue weighted by Crippen LogP contribution is 2.38. The highest BCUT2D eigenvalue weighted by molar-refractivity contribution is 7.09. The monoisotopic (exact) mass is 344 g/mol. The molecule has 1 atom stereocenters. The lowest BCUT2D eigenvalue weighted by molar-refractivity contribution is 0.0730. The van der Waals surface area contributed by atoms with Gasteiger partial charge in [-0.15, -0.1) is 11.3 Å². The molecule has 3 heterocycles. The number of thiazole rings is 1. The van der Waals surface area contributed by atoms with E-state index in [1.807, 2.05) is 29.3 Å². The predicted octanol–water partition coefficient (Wildman–Crippen LogP) is 3.59. The molecular formula is C18H20N2O3S. The van der Waals surface area contributed by atoms with Crippen molar-refractivity contribution >= 4 is 17.2 Å². The van der Waals surface area contributed by atoms with Gasteiger partial charge in [0, 0.05) is 18.3 Å². The van der Waals surface area contributed by atoms with Gasteiger partial charge in [-0.3, -0.25) is 4.79 Å². The highest BCUT2D eigenvalue weighted by atomic mass is 32.1. The minimum atomic E-state index is 0.0222. The summed E-state index contributed by atoms with van der Waals surface area (Å²) >= 11 is 1.51. The van der Waals surface area contributed by atoms with Crippen molar-refractivity contribution in [2.45, 2.75) is 32.2 Å². The third-order valence-corrected chi connectivity index (χ3v) is 5.28. The van der Waals surface area contributed by atoms with Crippen LogP contribution in [-0.2, 0) is 0 Å². The first-order chi connectivity index (χ1) is 11.7. The fourth-order valence-electron chi connectivity index (χ4n) is 3.35. The molecule has 0 aliphatic carbocycles. The Bertz CT molecular complexity index is 758. The summed E-state index contributed by atoms with van der Waals surface area (Å²) in [7, 11) is 0. The minimum Gasteiger partial charge on any atom is -0.490 e. The quantitative estimate of drug-likeness (QED) is 0.835. The van der Waals surface area contributed by atoms with Gasteiger partial charge < -0.3 is 14.4 Å². The van der Waals surface area contributed by atoms with Crippen molar-refractivity contribution in [1.82, 2.24) is 9.88 Å². The fraction of sp³-hybridized carbons (Fsp3) is 0.444. The van der Waals surface area contributed by atoms with Crippen molar-refractivity contribution in [2.24, 2.45) is 0 Å². The third-order valence-electron chi connectivity index (χ3n) is 4.51. The van der Waals surface area contributed by atoms with Crippen LogP contribution in [0.2, 0.25) is 0 Å². The Balaban J connectivity index is 1.61. The van der Waals surface area contributed by atoms with Crippen LogP contribution in [-0.4, -0.2) is 35.5 Å². The van der Waals surface area contributed by atoms with Crippen molar-refractivity contribution in [3.05, 3.63) is 39.8 Å². The molecule has 0 N–H and O–H groups in total. The summed E-state index contributed by atoms with van der Waals surface area (Å²) in [5, 5.41) is 2.77. The molecule has 2 aliphatic heterocycles. The number of aryl methyl sites for hydroxylation is 1. The first kappa shape index (κ1) is 15.4. The third kappa shape index (κ3) is 2.86. The Labute approximate surface area is 145 Å². The molecule has 1 amide bonds. The van der Waals surface area contributed by atoms with Gasteiger partial charge in [-0.05, 0) is 37.5 Å². The Morgan fingerprint density at radius 1 is 1.25 bits per heavy atom. The molecule has 4 rings (SSSR count). The summed E-state index contributed by atoms with van der Waals surface area (Å²) in [5.41, 5.74) is 1.66. The molecule has 1 aromatic carbocycles. The molecule has 5 nitrogen and oxygen atoms in total. The van der Waals surface area contributed by atoms with Gasteiger partial charge in [-0.1, -0.05) is 6.07 Å². The van der Waals surface area contributed by atoms with Crippen molar-refractivity contribution in [1.29, 1.82) is 0 Å². The molecule has 2 aliphatic rings. The van der Waals surface area contributed by atoms with E-state index in [0.29, 0.717) is 18.9 Å². The number of aromatic nitrogens is 1. The molecule has 1 fully saturated rings. The smallest absolute Gasteiger partial charge is 0.273 e. The van der Waals surface area contributed by atoms with Gasteiger partial charge in [-0.25, -0.2) is 4.98 Å². The fourth-order valence-corrected chi connectivity index (χ4v) is 3.94. The van der Waals surface area contributed by atoms with Crippen LogP contribution < -0.4 is 9.47 Å². The molecule has 24 heavy (non-hydrogen) atoms. The maximum absolute atomic E-state index is 12.8. The lowest BCUT2D eigenvalue weighted by Crippen LogP contribution is -2.30. The second-order valence-electron chi connectivity index (χ2n) is 6.16. The van der Waals surface area contributed by atoms with E-state index in [1.54, 1.807) is 0 Å². The standard InChI is InChI=1S/C18H20N2O3S/c1-12-19-14(11-24-12)18(21)20-7-2-4-15(20)13-5-6-16-17(10-13)23-9-3-8-22-16/h5-6,10-11,15H,2-4,7-9H2,1H3/t15-/m0/s1. The second-order valence-corrected chi connectivity index (χ2v) is 7.23. The van der Waals surface area contributed by atoms with Crippen molar-refractivity contribution in [2.75, 3.05) is 19.8 Å². The average Bonchev–Trinajstić information content (AvgIpc) is 3.18. The number of hydrogen-bond donors (Lipinski definition) is 0. The van der Waals surface area contributed by atoms with Crippen LogP contribution in [0.15, 0.2) is 23.6 Å². The molecule has 6 heteroatoms. The molecular weight excluding hydrogens is 324 g/mol. The van der Waals surface area contributed by atoms with Crippen LogP contribution in [0, 0.1) is 6.92 Å². The Morgan fingerprint density at radius 3 is 2.88 bits per heavy atom. The summed E-state index contributed by atoms with van der Waals surface area (Å²) < 4.78 is 11.5. The van der Waals surface area contributed by atoms with E-state index in [9.17, 15) is 4.79 Å². The molecule has 0 unspecified atom stereocenters. The number of carbonyl (C=O) groups is 1. The Morgan fingerprint density at radius 2 is 2.08 bits per heavy atom. The molecule has 0 spiro atoms. The number of carbonyl (C=O) groups excluding carboxylic acids is 1. The topological polar surface area (TPSA) is 51.7 Å². The van der Waals surface area contributed by atoms with Crippen LogP contribution in [0.3, 0.4) is 0 Å². The summed E-state index contributed by atoms with van der Waals surface area (Å²) in [6.45, 7) is 4.05. The van der Waals surface area contributed by atoms with Crippen LogP contribution in [0.5, 0.6) is 11.5 Å². The number of nitrogens with zero attached hydrogens (tertiary/aromatic N) is 2. The van der Waals surface area contributed by atoms with E-state index in [4.69, 9.17) is 9.47 Å². The molecule has 126 valence electrons. The highest BCUT2D eigenvalue weighted by Gasteiger charge is 2.32. The van der Waals surface area contributed by atoms with E-state index in [-0.39, 0.29) is 11.9 Å². The van der Waals surface area contributed by atoms with Gasteiger partial charge in [-0.2, -0.15) is 0 Å². The largest absolute Gasteiger partial charge is 0.490 e. The summed E-state index contributed by atoms with van der Waals surface area (Å²) in [4.78, 5) is 19.1. The zero-order chi connectivity index (χ0) is 16.5. The van der Waals surface area contributed by atoms with Gasteiger partial charge >= 0.3 is 0 Å². The molecule has 0 saturated carbocycles. The van der Waals surface area contributed by atoms with Crippen molar-refractivity contribution in [3.8, 4) is 11.5 Å². The molecule has 1 saturated heterocycles. The summed E-state index contributed by atoms with van der Waals surface area (Å²) in [5.74, 6) is 1.60. The number of ether oxygens (including phenoxy) is 2. The van der Waals surface area contributed by atoms with Crippen molar-refractivity contribution < 1.29 is 14.3 Å². The Kier molecular flexibility index (Phi) is 4.14. The maximum atomic E-state index is 12.8. The van der Waals surface area contributed by atoms with Gasteiger partial charge in [0.15, 0.2) is 11.5 Å². The number of fused-ring (bicyclic) bond motifs is 1. The number of rotatable bonds is 2. The lowest BCUT2D eigenvalue weighted by atomic mass is 10.0. The van der Waals surface area contributed by atoms with Crippen LogP contribution in [0.25, 0.3) is 0 Å². The second kappa shape index (κ2) is 6.43. The molecule has 2 aromatic rings. The first-order valence-corrected chi connectivity index (χ1v) is 9.23. The molecule has 0 bridgehead atoms. The van der Waals surface area contributed by atoms with Crippen LogP contribution >= 0.6 is 11.3 Å². The predicted molar refractivity (Wildman–Crippen MR) is 91.9 cm³/mol. The van der Waals surface area contributed by atoms with Gasteiger partial charge in [0.25, 0.3) is 5.91 Å². The number of amides is 1. The average molecular weight is 344 g/mol. The minimum absolute atomic E-state index is 0.0222. The SMILES string of the molecule is Cc1nc(C(=O)N2CCC[C@H]2c2ccc3c(c2)OCCCO3)cs1. The van der Waals surface area contributed by atoms with Gasteiger partial charge in [0.1, 0.15) is 5.69 Å². The zero-order valence-corrected chi connectivity index (χ0v) is 14.5. The zero-order valence-electron chi connectivity index (χ0n) is 13.7. The number of benzene rings is 1. The van der Waals surface area contributed by atoms with Crippen LogP contribution in [0.1, 0.15) is 46.4 Å². The van der Waals surface area contributed by atoms with Crippen LogP contribution in [0.4, 0.5) is 0 Å². The van der Waals surface area contributed by atoms with E-state index in [2.05, 4.69) is 11.1 Å². The van der Waals surface area contributed by atoms with Gasteiger partial charge in [0.05, 0.1) is 24.3 Å². The van der Waals surface area contributed by atoms with Crippen molar-refractivity contribution in [3.63, 3.8) is 0 Å².